The Morgan fingerprint density at radius 3 is 3.00 bits per heavy atom. The third-order valence-electron chi connectivity index (χ3n) is 4.15. The van der Waals surface area contributed by atoms with E-state index in [1.165, 1.54) is 19.3 Å². The highest BCUT2D eigenvalue weighted by Gasteiger charge is 2.52. The van der Waals surface area contributed by atoms with Crippen molar-refractivity contribution < 1.29 is 4.79 Å². The zero-order chi connectivity index (χ0) is 8.18. The van der Waals surface area contributed by atoms with Crippen LogP contribution in [0.5, 0.6) is 0 Å². The molecule has 4 rings (SSSR count). The Kier molecular flexibility index (Phi) is 1.15. The second-order valence-corrected chi connectivity index (χ2v) is 4.59. The molecule has 0 amide bonds. The van der Waals surface area contributed by atoms with Crippen LogP contribution in [-0.4, -0.2) is 5.78 Å². The van der Waals surface area contributed by atoms with E-state index < -0.39 is 0 Å². The zero-order valence-corrected chi connectivity index (χ0v) is 7.25. The van der Waals surface area contributed by atoms with Crippen LogP contribution in [0.1, 0.15) is 32.1 Å². The average Bonchev–Trinajstić information content (AvgIpc) is 2.46. The summed E-state index contributed by atoms with van der Waals surface area (Å²) in [5.74, 6) is 2.05. The summed E-state index contributed by atoms with van der Waals surface area (Å²) in [6, 6.07) is 0. The minimum atomic E-state index is 0.0365. The molecular formula is C11H14O. The van der Waals surface area contributed by atoms with Gasteiger partial charge in [-0.05, 0) is 37.5 Å². The van der Waals surface area contributed by atoms with Crippen molar-refractivity contribution in [3.8, 4) is 0 Å². The first-order chi connectivity index (χ1) is 5.81. The molecule has 2 bridgehead atoms. The monoisotopic (exact) mass is 162 g/mol. The van der Waals surface area contributed by atoms with Gasteiger partial charge in [0.05, 0.1) is 0 Å². The molecule has 1 nitrogen and oxygen atoms in total. The van der Waals surface area contributed by atoms with Gasteiger partial charge in [-0.1, -0.05) is 12.2 Å². The molecule has 0 saturated heterocycles. The van der Waals surface area contributed by atoms with Crippen molar-refractivity contribution in [1.29, 1.82) is 0 Å². The first-order valence-electron chi connectivity index (χ1n) is 5.04. The number of ketones is 1. The average molecular weight is 162 g/mol. The molecule has 0 aliphatic heterocycles. The minimum absolute atomic E-state index is 0.0365. The van der Waals surface area contributed by atoms with Gasteiger partial charge in [0.15, 0.2) is 0 Å². The first kappa shape index (κ1) is 6.88. The number of carbonyl (C=O) groups excluding carboxylic acids is 1. The molecule has 0 aromatic heterocycles. The van der Waals surface area contributed by atoms with Crippen molar-refractivity contribution in [3.63, 3.8) is 0 Å². The molecule has 1 spiro atoms. The van der Waals surface area contributed by atoms with Crippen molar-refractivity contribution in [3.05, 3.63) is 12.2 Å². The Morgan fingerprint density at radius 2 is 2.33 bits per heavy atom. The molecule has 0 unspecified atom stereocenters. The third-order valence-corrected chi connectivity index (χ3v) is 4.15. The minimum Gasteiger partial charge on any atom is -0.299 e. The third kappa shape index (κ3) is 0.634. The van der Waals surface area contributed by atoms with Crippen LogP contribution in [0.2, 0.25) is 0 Å². The van der Waals surface area contributed by atoms with Crippen molar-refractivity contribution >= 4 is 5.78 Å². The smallest absolute Gasteiger partial charge is 0.143 e. The van der Waals surface area contributed by atoms with E-state index in [-0.39, 0.29) is 5.41 Å². The summed E-state index contributed by atoms with van der Waals surface area (Å²) in [5.41, 5.74) is 0.0365. The summed E-state index contributed by atoms with van der Waals surface area (Å²) in [5, 5.41) is 0. The van der Waals surface area contributed by atoms with E-state index in [4.69, 9.17) is 0 Å². The van der Waals surface area contributed by atoms with Gasteiger partial charge in [-0.25, -0.2) is 0 Å². The standard InChI is InChI=1S/C11H14O/c12-10-2-1-9-7-8-3-5-11(9,10)6-4-8/h3,5,8-9H,1-2,4,6-7H2/t8-,9+,11-/m0/s1. The SMILES string of the molecule is O=C1CC[C@@H]2C[C@H]3C=C[C@@]12CC3. The maximum atomic E-state index is 11.7. The normalized spacial score (nSPS) is 49.8. The lowest BCUT2D eigenvalue weighted by molar-refractivity contribution is -0.126. The lowest BCUT2D eigenvalue weighted by Gasteiger charge is -2.43. The quantitative estimate of drug-likeness (QED) is 0.499. The van der Waals surface area contributed by atoms with Gasteiger partial charge in [0.25, 0.3) is 0 Å². The van der Waals surface area contributed by atoms with Gasteiger partial charge < -0.3 is 0 Å². The van der Waals surface area contributed by atoms with Gasteiger partial charge in [0.1, 0.15) is 5.78 Å². The first-order valence-corrected chi connectivity index (χ1v) is 5.04. The Morgan fingerprint density at radius 1 is 1.42 bits per heavy atom. The summed E-state index contributed by atoms with van der Waals surface area (Å²) < 4.78 is 0. The number of allylic oxidation sites excluding steroid dienone is 2. The molecule has 1 heteroatoms. The fraction of sp³-hybridized carbons (Fsp3) is 0.727. The Labute approximate surface area is 72.8 Å². The van der Waals surface area contributed by atoms with Crippen LogP contribution in [0.25, 0.3) is 0 Å². The van der Waals surface area contributed by atoms with E-state index in [1.54, 1.807) is 0 Å². The number of carbonyl (C=O) groups is 1. The van der Waals surface area contributed by atoms with Crippen LogP contribution in [0.4, 0.5) is 0 Å². The Hall–Kier alpha value is -0.590. The molecule has 4 aliphatic carbocycles. The van der Waals surface area contributed by atoms with Crippen LogP contribution in [0, 0.1) is 17.3 Å². The number of rotatable bonds is 0. The number of Topliss-reactive ketones (excluding diaryl/α,β-unsaturated/α-hetero) is 1. The fourth-order valence-electron chi connectivity index (χ4n) is 3.40. The molecule has 0 radical (unpaired) electrons. The summed E-state index contributed by atoms with van der Waals surface area (Å²) in [6.45, 7) is 0. The van der Waals surface area contributed by atoms with Crippen LogP contribution in [-0.2, 0) is 4.79 Å². The maximum absolute atomic E-state index is 11.7. The summed E-state index contributed by atoms with van der Waals surface area (Å²) >= 11 is 0. The van der Waals surface area contributed by atoms with Gasteiger partial charge in [-0.15, -0.1) is 0 Å². The van der Waals surface area contributed by atoms with Crippen molar-refractivity contribution in [2.45, 2.75) is 32.1 Å². The van der Waals surface area contributed by atoms with Crippen LogP contribution < -0.4 is 0 Å². The highest BCUT2D eigenvalue weighted by Crippen LogP contribution is 2.56. The molecule has 2 saturated carbocycles. The summed E-state index contributed by atoms with van der Waals surface area (Å²) in [7, 11) is 0. The molecule has 64 valence electrons. The van der Waals surface area contributed by atoms with Gasteiger partial charge in [-0.2, -0.15) is 0 Å². The molecule has 0 N–H and O–H groups in total. The second kappa shape index (κ2) is 2.01. The van der Waals surface area contributed by atoms with Gasteiger partial charge >= 0.3 is 0 Å². The Balaban J connectivity index is 2.11. The van der Waals surface area contributed by atoms with E-state index in [0.29, 0.717) is 11.7 Å². The fourth-order valence-corrected chi connectivity index (χ4v) is 3.40. The molecule has 3 atom stereocenters. The van der Waals surface area contributed by atoms with E-state index >= 15 is 0 Å². The summed E-state index contributed by atoms with van der Waals surface area (Å²) in [6.07, 6.45) is 10.3. The van der Waals surface area contributed by atoms with Crippen molar-refractivity contribution in [1.82, 2.24) is 0 Å². The molecule has 0 aromatic carbocycles. The van der Waals surface area contributed by atoms with E-state index in [2.05, 4.69) is 12.2 Å². The number of hydrogen-bond acceptors (Lipinski definition) is 1. The van der Waals surface area contributed by atoms with Crippen LogP contribution in [0.15, 0.2) is 12.2 Å². The lowest BCUT2D eigenvalue weighted by Crippen LogP contribution is -2.39. The van der Waals surface area contributed by atoms with Crippen molar-refractivity contribution in [2.24, 2.45) is 17.3 Å². The van der Waals surface area contributed by atoms with E-state index in [9.17, 15) is 4.79 Å². The molecule has 4 aliphatic rings. The van der Waals surface area contributed by atoms with E-state index in [0.717, 1.165) is 18.8 Å². The van der Waals surface area contributed by atoms with Crippen LogP contribution >= 0.6 is 0 Å². The zero-order valence-electron chi connectivity index (χ0n) is 7.25. The molecule has 2 fully saturated rings. The largest absolute Gasteiger partial charge is 0.299 e. The number of fused-ring (bicyclic) bond motifs is 1. The number of hydrogen-bond donors (Lipinski definition) is 0. The van der Waals surface area contributed by atoms with Crippen molar-refractivity contribution in [2.75, 3.05) is 0 Å². The van der Waals surface area contributed by atoms with Gasteiger partial charge in [0, 0.05) is 11.8 Å². The molecule has 12 heavy (non-hydrogen) atoms. The Bertz CT molecular complexity index is 266. The van der Waals surface area contributed by atoms with Crippen LogP contribution in [0.3, 0.4) is 0 Å². The molecule has 0 heterocycles. The highest BCUT2D eigenvalue weighted by molar-refractivity contribution is 5.89. The molecule has 0 aromatic rings. The summed E-state index contributed by atoms with van der Waals surface area (Å²) in [4.78, 5) is 11.7. The second-order valence-electron chi connectivity index (χ2n) is 4.59. The maximum Gasteiger partial charge on any atom is 0.143 e. The van der Waals surface area contributed by atoms with Gasteiger partial charge in [0.2, 0.25) is 0 Å². The molecular weight excluding hydrogens is 148 g/mol. The highest BCUT2D eigenvalue weighted by atomic mass is 16.1. The topological polar surface area (TPSA) is 17.1 Å². The van der Waals surface area contributed by atoms with E-state index in [1.807, 2.05) is 0 Å². The predicted octanol–water partition coefficient (Wildman–Crippen LogP) is 2.32. The predicted molar refractivity (Wildman–Crippen MR) is 46.6 cm³/mol. The van der Waals surface area contributed by atoms with Gasteiger partial charge in [-0.3, -0.25) is 4.79 Å². The lowest BCUT2D eigenvalue weighted by atomic mass is 9.60.